The lowest BCUT2D eigenvalue weighted by Crippen LogP contribution is -2.36. The molecule has 0 spiro atoms. The van der Waals surface area contributed by atoms with E-state index in [0.29, 0.717) is 12.5 Å². The number of alkyl halides is 3. The highest BCUT2D eigenvalue weighted by atomic mass is 32.2. The molecule has 0 radical (unpaired) electrons. The highest BCUT2D eigenvalue weighted by Crippen LogP contribution is 2.37. The molecule has 3 nitrogen and oxygen atoms in total. The molecule has 0 saturated heterocycles. The average molecular weight is 303 g/mol. The molecule has 0 amide bonds. The van der Waals surface area contributed by atoms with E-state index in [1.807, 2.05) is 11.8 Å². The molecule has 1 aliphatic heterocycles. The second-order valence-electron chi connectivity index (χ2n) is 4.52. The Kier molecular flexibility index (Phi) is 4.47. The maximum atomic E-state index is 12.3. The van der Waals surface area contributed by atoms with Crippen LogP contribution in [0.15, 0.2) is 34.2 Å². The van der Waals surface area contributed by atoms with Gasteiger partial charge in [-0.15, -0.1) is 0 Å². The van der Waals surface area contributed by atoms with Crippen molar-refractivity contribution >= 4 is 17.7 Å². The van der Waals surface area contributed by atoms with Crippen molar-refractivity contribution < 1.29 is 13.2 Å². The average Bonchev–Trinajstić information content (AvgIpc) is 2.71. The van der Waals surface area contributed by atoms with Crippen LogP contribution in [0.4, 0.5) is 13.2 Å². The van der Waals surface area contributed by atoms with Crippen LogP contribution in [-0.4, -0.2) is 29.5 Å². The standard InChI is InChI=1S/C13H16F3N3S/c1-2-7-19-11(8-18-12(19)17)9-3-5-10(6-4-9)20-13(14,15)16/h3-6,11H,2,7-8H2,1H3,(H2,17,18). The zero-order valence-corrected chi connectivity index (χ0v) is 11.8. The zero-order valence-electron chi connectivity index (χ0n) is 11.0. The molecule has 2 rings (SSSR count). The summed E-state index contributed by atoms with van der Waals surface area (Å²) in [5, 5.41) is 0. The van der Waals surface area contributed by atoms with Gasteiger partial charge >= 0.3 is 5.51 Å². The molecular weight excluding hydrogens is 287 g/mol. The third-order valence-corrected chi connectivity index (χ3v) is 3.80. The van der Waals surface area contributed by atoms with Crippen LogP contribution in [-0.2, 0) is 0 Å². The lowest BCUT2D eigenvalue weighted by Gasteiger charge is -2.26. The molecule has 1 aromatic carbocycles. The van der Waals surface area contributed by atoms with Gasteiger partial charge in [-0.1, -0.05) is 19.1 Å². The number of hydrogen-bond acceptors (Lipinski definition) is 4. The van der Waals surface area contributed by atoms with E-state index < -0.39 is 5.51 Å². The highest BCUT2D eigenvalue weighted by Gasteiger charge is 2.30. The number of benzene rings is 1. The smallest absolute Gasteiger partial charge is 0.370 e. The van der Waals surface area contributed by atoms with Gasteiger partial charge in [0.2, 0.25) is 0 Å². The Morgan fingerprint density at radius 1 is 1.35 bits per heavy atom. The van der Waals surface area contributed by atoms with Gasteiger partial charge in [0.1, 0.15) is 0 Å². The first-order valence-electron chi connectivity index (χ1n) is 6.33. The Balaban J connectivity index is 2.10. The van der Waals surface area contributed by atoms with Crippen molar-refractivity contribution in [2.24, 2.45) is 10.7 Å². The Morgan fingerprint density at radius 2 is 2.00 bits per heavy atom. The number of nitrogens with zero attached hydrogens (tertiary/aromatic N) is 2. The topological polar surface area (TPSA) is 41.6 Å². The minimum Gasteiger partial charge on any atom is -0.370 e. The van der Waals surface area contributed by atoms with E-state index in [2.05, 4.69) is 4.99 Å². The first-order valence-corrected chi connectivity index (χ1v) is 7.14. The first kappa shape index (κ1) is 15.0. The van der Waals surface area contributed by atoms with Gasteiger partial charge < -0.3 is 10.6 Å². The summed E-state index contributed by atoms with van der Waals surface area (Å²) in [5.41, 5.74) is 2.51. The summed E-state index contributed by atoms with van der Waals surface area (Å²) in [6.07, 6.45) is 0.939. The van der Waals surface area contributed by atoms with Gasteiger partial charge in [0.15, 0.2) is 5.96 Å². The van der Waals surface area contributed by atoms with Crippen molar-refractivity contribution in [3.05, 3.63) is 29.8 Å². The van der Waals surface area contributed by atoms with Crippen LogP contribution in [0.25, 0.3) is 0 Å². The molecule has 20 heavy (non-hydrogen) atoms. The molecule has 1 unspecified atom stereocenters. The normalized spacial score (nSPS) is 19.3. The number of thioether (sulfide) groups is 1. The van der Waals surface area contributed by atoms with E-state index in [4.69, 9.17) is 5.73 Å². The zero-order chi connectivity index (χ0) is 14.8. The molecule has 1 aliphatic rings. The Bertz CT molecular complexity index is 485. The molecule has 2 N–H and O–H groups in total. The van der Waals surface area contributed by atoms with Crippen LogP contribution in [0.5, 0.6) is 0 Å². The number of hydrogen-bond donors (Lipinski definition) is 1. The van der Waals surface area contributed by atoms with Crippen LogP contribution in [0, 0.1) is 0 Å². The number of guanidine groups is 1. The van der Waals surface area contributed by atoms with Gasteiger partial charge in [0.25, 0.3) is 0 Å². The molecule has 1 aromatic rings. The third-order valence-electron chi connectivity index (χ3n) is 3.06. The van der Waals surface area contributed by atoms with Crippen LogP contribution in [0.2, 0.25) is 0 Å². The van der Waals surface area contributed by atoms with Crippen molar-refractivity contribution in [1.29, 1.82) is 0 Å². The van der Waals surface area contributed by atoms with Gasteiger partial charge in [-0.3, -0.25) is 4.99 Å². The van der Waals surface area contributed by atoms with E-state index in [1.54, 1.807) is 12.1 Å². The van der Waals surface area contributed by atoms with Gasteiger partial charge in [-0.05, 0) is 35.9 Å². The van der Waals surface area contributed by atoms with E-state index in [9.17, 15) is 13.2 Å². The van der Waals surface area contributed by atoms with Crippen LogP contribution in [0.1, 0.15) is 24.9 Å². The van der Waals surface area contributed by atoms with Gasteiger partial charge in [-0.25, -0.2) is 0 Å². The lowest BCUT2D eigenvalue weighted by atomic mass is 10.1. The largest absolute Gasteiger partial charge is 0.446 e. The minimum atomic E-state index is -4.25. The third kappa shape index (κ3) is 3.59. The van der Waals surface area contributed by atoms with E-state index in [1.165, 1.54) is 12.1 Å². The highest BCUT2D eigenvalue weighted by molar-refractivity contribution is 8.00. The van der Waals surface area contributed by atoms with Gasteiger partial charge in [0, 0.05) is 11.4 Å². The summed E-state index contributed by atoms with van der Waals surface area (Å²) >= 11 is -0.103. The number of halogens is 3. The Hall–Kier alpha value is -1.37. The van der Waals surface area contributed by atoms with Gasteiger partial charge in [0.05, 0.1) is 12.6 Å². The molecule has 7 heteroatoms. The fraction of sp³-hybridized carbons (Fsp3) is 0.462. The molecular formula is C13H16F3N3S. The maximum absolute atomic E-state index is 12.3. The molecule has 0 saturated carbocycles. The molecule has 1 heterocycles. The van der Waals surface area contributed by atoms with Crippen molar-refractivity contribution in [1.82, 2.24) is 4.90 Å². The van der Waals surface area contributed by atoms with Crippen LogP contribution < -0.4 is 5.73 Å². The Morgan fingerprint density at radius 3 is 2.55 bits per heavy atom. The number of rotatable bonds is 4. The predicted octanol–water partition coefficient (Wildman–Crippen LogP) is 3.38. The summed E-state index contributed by atoms with van der Waals surface area (Å²) in [6, 6.07) is 6.45. The monoisotopic (exact) mass is 303 g/mol. The molecule has 0 aromatic heterocycles. The molecule has 0 aliphatic carbocycles. The summed E-state index contributed by atoms with van der Waals surface area (Å²) in [4.78, 5) is 6.39. The SMILES string of the molecule is CCCN1C(N)=NCC1c1ccc(SC(F)(F)F)cc1. The fourth-order valence-corrected chi connectivity index (χ4v) is 2.76. The Labute approximate surface area is 120 Å². The van der Waals surface area contributed by atoms with Crippen LogP contribution >= 0.6 is 11.8 Å². The summed E-state index contributed by atoms with van der Waals surface area (Å²) < 4.78 is 36.8. The van der Waals surface area contributed by atoms with E-state index >= 15 is 0 Å². The van der Waals surface area contributed by atoms with Crippen molar-refractivity contribution in [3.63, 3.8) is 0 Å². The fourth-order valence-electron chi connectivity index (χ4n) is 2.22. The molecule has 110 valence electrons. The molecule has 1 atom stereocenters. The van der Waals surface area contributed by atoms with Crippen molar-refractivity contribution in [2.45, 2.75) is 29.8 Å². The second-order valence-corrected chi connectivity index (χ2v) is 5.66. The van der Waals surface area contributed by atoms with E-state index in [-0.39, 0.29) is 22.7 Å². The minimum absolute atomic E-state index is 0.0277. The first-order chi connectivity index (χ1) is 9.40. The molecule has 0 bridgehead atoms. The molecule has 0 fully saturated rings. The van der Waals surface area contributed by atoms with Gasteiger partial charge in [-0.2, -0.15) is 13.2 Å². The predicted molar refractivity (Wildman–Crippen MR) is 74.6 cm³/mol. The quantitative estimate of drug-likeness (QED) is 0.867. The van der Waals surface area contributed by atoms with Crippen LogP contribution in [0.3, 0.4) is 0 Å². The number of aliphatic imine (C=N–C) groups is 1. The number of nitrogens with two attached hydrogens (primary N) is 1. The van der Waals surface area contributed by atoms with Crippen molar-refractivity contribution in [3.8, 4) is 0 Å². The van der Waals surface area contributed by atoms with E-state index in [0.717, 1.165) is 18.5 Å². The van der Waals surface area contributed by atoms with Crippen molar-refractivity contribution in [2.75, 3.05) is 13.1 Å². The second kappa shape index (κ2) is 5.95. The maximum Gasteiger partial charge on any atom is 0.446 e. The lowest BCUT2D eigenvalue weighted by molar-refractivity contribution is -0.0328. The summed E-state index contributed by atoms with van der Waals surface area (Å²) in [7, 11) is 0. The summed E-state index contributed by atoms with van der Waals surface area (Å²) in [6.45, 7) is 3.39. The summed E-state index contributed by atoms with van der Waals surface area (Å²) in [5.74, 6) is 0.505.